The van der Waals surface area contributed by atoms with Crippen molar-refractivity contribution in [3.05, 3.63) is 29.8 Å². The van der Waals surface area contributed by atoms with Crippen LogP contribution in [0.25, 0.3) is 0 Å². The minimum absolute atomic E-state index is 0.0282. The van der Waals surface area contributed by atoms with Crippen LogP contribution in [-0.4, -0.2) is 41.0 Å². The zero-order valence-corrected chi connectivity index (χ0v) is 12.3. The minimum atomic E-state index is -0.606. The SMILES string of the molecule is Cc1cccc(NC(=O)C(=O)N2CCCCC2CCO)c1. The molecule has 0 bridgehead atoms. The number of piperidine rings is 1. The molecule has 0 saturated carbocycles. The van der Waals surface area contributed by atoms with E-state index in [0.29, 0.717) is 18.7 Å². The summed E-state index contributed by atoms with van der Waals surface area (Å²) in [5.74, 6) is -1.11. The van der Waals surface area contributed by atoms with Crippen LogP contribution in [0, 0.1) is 6.92 Å². The second-order valence-corrected chi connectivity index (χ2v) is 5.48. The topological polar surface area (TPSA) is 69.6 Å². The third-order valence-electron chi connectivity index (χ3n) is 3.82. The first-order chi connectivity index (χ1) is 10.1. The van der Waals surface area contributed by atoms with Gasteiger partial charge < -0.3 is 15.3 Å². The highest BCUT2D eigenvalue weighted by atomic mass is 16.3. The number of hydrogen-bond donors (Lipinski definition) is 2. The summed E-state index contributed by atoms with van der Waals surface area (Å²) in [5, 5.41) is 11.7. The van der Waals surface area contributed by atoms with Crippen molar-refractivity contribution in [3.63, 3.8) is 0 Å². The van der Waals surface area contributed by atoms with Crippen LogP contribution < -0.4 is 5.32 Å². The van der Waals surface area contributed by atoms with Crippen molar-refractivity contribution in [2.24, 2.45) is 0 Å². The van der Waals surface area contributed by atoms with Crippen molar-refractivity contribution in [2.75, 3.05) is 18.5 Å². The summed E-state index contributed by atoms with van der Waals surface area (Å²) in [6.45, 7) is 2.55. The van der Waals surface area contributed by atoms with Gasteiger partial charge in [-0.2, -0.15) is 0 Å². The quantitative estimate of drug-likeness (QED) is 0.832. The summed E-state index contributed by atoms with van der Waals surface area (Å²) in [6, 6.07) is 7.33. The van der Waals surface area contributed by atoms with Crippen molar-refractivity contribution in [3.8, 4) is 0 Å². The summed E-state index contributed by atoms with van der Waals surface area (Å²) in [5.41, 5.74) is 1.65. The van der Waals surface area contributed by atoms with E-state index in [-0.39, 0.29) is 12.6 Å². The Balaban J connectivity index is 2.02. The molecule has 5 heteroatoms. The van der Waals surface area contributed by atoms with Crippen molar-refractivity contribution >= 4 is 17.5 Å². The first-order valence-corrected chi connectivity index (χ1v) is 7.41. The molecule has 0 spiro atoms. The fourth-order valence-corrected chi connectivity index (χ4v) is 2.75. The summed E-state index contributed by atoms with van der Waals surface area (Å²) in [7, 11) is 0. The number of carbonyl (C=O) groups is 2. The molecule has 1 atom stereocenters. The molecule has 21 heavy (non-hydrogen) atoms. The van der Waals surface area contributed by atoms with Crippen LogP contribution in [0.1, 0.15) is 31.2 Å². The Bertz CT molecular complexity index is 514. The van der Waals surface area contributed by atoms with E-state index >= 15 is 0 Å². The van der Waals surface area contributed by atoms with Gasteiger partial charge in [0.15, 0.2) is 0 Å². The second-order valence-electron chi connectivity index (χ2n) is 5.48. The summed E-state index contributed by atoms with van der Waals surface area (Å²) >= 11 is 0. The van der Waals surface area contributed by atoms with Crippen LogP contribution in [0.15, 0.2) is 24.3 Å². The molecule has 2 rings (SSSR count). The number of likely N-dealkylation sites (tertiary alicyclic amines) is 1. The lowest BCUT2D eigenvalue weighted by Gasteiger charge is -2.35. The average molecular weight is 290 g/mol. The van der Waals surface area contributed by atoms with Gasteiger partial charge in [0, 0.05) is 24.9 Å². The molecule has 0 aliphatic carbocycles. The van der Waals surface area contributed by atoms with Crippen LogP contribution in [0.5, 0.6) is 0 Å². The molecule has 1 aliphatic rings. The standard InChI is InChI=1S/C16H22N2O3/c1-12-5-4-6-13(11-12)17-15(20)16(21)18-9-3-2-7-14(18)8-10-19/h4-6,11,14,19H,2-3,7-10H2,1H3,(H,17,20). The number of benzene rings is 1. The molecular formula is C16H22N2O3. The Labute approximate surface area is 125 Å². The fourth-order valence-electron chi connectivity index (χ4n) is 2.75. The molecule has 0 radical (unpaired) electrons. The lowest BCUT2D eigenvalue weighted by molar-refractivity contribution is -0.146. The van der Waals surface area contributed by atoms with E-state index in [1.807, 2.05) is 25.1 Å². The molecular weight excluding hydrogens is 268 g/mol. The van der Waals surface area contributed by atoms with Gasteiger partial charge in [-0.25, -0.2) is 0 Å². The molecule has 114 valence electrons. The van der Waals surface area contributed by atoms with E-state index < -0.39 is 11.8 Å². The Hall–Kier alpha value is -1.88. The number of aliphatic hydroxyl groups excluding tert-OH is 1. The highest BCUT2D eigenvalue weighted by molar-refractivity contribution is 6.39. The molecule has 2 amide bonds. The Morgan fingerprint density at radius 3 is 2.90 bits per heavy atom. The molecule has 2 N–H and O–H groups in total. The van der Waals surface area contributed by atoms with Crippen LogP contribution in [-0.2, 0) is 9.59 Å². The highest BCUT2D eigenvalue weighted by Crippen LogP contribution is 2.20. The maximum absolute atomic E-state index is 12.3. The van der Waals surface area contributed by atoms with Crippen LogP contribution in [0.3, 0.4) is 0 Å². The van der Waals surface area contributed by atoms with Crippen LogP contribution in [0.2, 0.25) is 0 Å². The van der Waals surface area contributed by atoms with Crippen LogP contribution in [0.4, 0.5) is 5.69 Å². The van der Waals surface area contributed by atoms with Crippen molar-refractivity contribution < 1.29 is 14.7 Å². The fraction of sp³-hybridized carbons (Fsp3) is 0.500. The van der Waals surface area contributed by atoms with Gasteiger partial charge >= 0.3 is 11.8 Å². The molecule has 1 aromatic rings. The van der Waals surface area contributed by atoms with Gasteiger partial charge in [0.05, 0.1) is 0 Å². The van der Waals surface area contributed by atoms with Gasteiger partial charge in [0.1, 0.15) is 0 Å². The molecule has 1 aliphatic heterocycles. The number of nitrogens with one attached hydrogen (secondary N) is 1. The molecule has 0 aromatic heterocycles. The van der Waals surface area contributed by atoms with E-state index in [1.54, 1.807) is 11.0 Å². The van der Waals surface area contributed by atoms with Crippen LogP contribution >= 0.6 is 0 Å². The predicted octanol–water partition coefficient (Wildman–Crippen LogP) is 1.70. The van der Waals surface area contributed by atoms with Crippen molar-refractivity contribution in [1.29, 1.82) is 0 Å². The largest absolute Gasteiger partial charge is 0.396 e. The van der Waals surface area contributed by atoms with Crippen molar-refractivity contribution in [1.82, 2.24) is 4.90 Å². The highest BCUT2D eigenvalue weighted by Gasteiger charge is 2.30. The van der Waals surface area contributed by atoms with E-state index in [0.717, 1.165) is 24.8 Å². The molecule has 5 nitrogen and oxygen atoms in total. The Morgan fingerprint density at radius 2 is 2.19 bits per heavy atom. The lowest BCUT2D eigenvalue weighted by Crippen LogP contribution is -2.48. The number of rotatable bonds is 3. The first-order valence-electron chi connectivity index (χ1n) is 7.41. The van der Waals surface area contributed by atoms with Gasteiger partial charge in [-0.1, -0.05) is 12.1 Å². The average Bonchev–Trinajstić information content (AvgIpc) is 2.47. The number of hydrogen-bond acceptors (Lipinski definition) is 3. The van der Waals surface area contributed by atoms with Gasteiger partial charge in [-0.3, -0.25) is 9.59 Å². The zero-order chi connectivity index (χ0) is 15.2. The van der Waals surface area contributed by atoms with Gasteiger partial charge in [-0.05, 0) is 50.3 Å². The Morgan fingerprint density at radius 1 is 1.38 bits per heavy atom. The first kappa shape index (κ1) is 15.5. The number of nitrogens with zero attached hydrogens (tertiary/aromatic N) is 1. The molecule has 1 fully saturated rings. The number of anilines is 1. The summed E-state index contributed by atoms with van der Waals surface area (Å²) in [4.78, 5) is 26.0. The lowest BCUT2D eigenvalue weighted by atomic mass is 9.99. The van der Waals surface area contributed by atoms with E-state index in [4.69, 9.17) is 5.11 Å². The number of aryl methyl sites for hydroxylation is 1. The molecule has 1 saturated heterocycles. The third kappa shape index (κ3) is 4.04. The zero-order valence-electron chi connectivity index (χ0n) is 12.3. The molecule has 1 unspecified atom stereocenters. The minimum Gasteiger partial charge on any atom is -0.396 e. The van der Waals surface area contributed by atoms with E-state index in [1.165, 1.54) is 0 Å². The monoisotopic (exact) mass is 290 g/mol. The predicted molar refractivity (Wildman–Crippen MR) is 80.9 cm³/mol. The van der Waals surface area contributed by atoms with Gasteiger partial charge in [0.2, 0.25) is 0 Å². The smallest absolute Gasteiger partial charge is 0.313 e. The maximum Gasteiger partial charge on any atom is 0.313 e. The Kier molecular flexibility index (Phi) is 5.33. The summed E-state index contributed by atoms with van der Waals surface area (Å²) < 4.78 is 0. The van der Waals surface area contributed by atoms with Gasteiger partial charge in [-0.15, -0.1) is 0 Å². The molecule has 1 aromatic carbocycles. The van der Waals surface area contributed by atoms with E-state index in [9.17, 15) is 9.59 Å². The number of aliphatic hydroxyl groups is 1. The number of amides is 2. The summed E-state index contributed by atoms with van der Waals surface area (Å²) in [6.07, 6.45) is 3.33. The van der Waals surface area contributed by atoms with Gasteiger partial charge in [0.25, 0.3) is 0 Å². The third-order valence-corrected chi connectivity index (χ3v) is 3.82. The maximum atomic E-state index is 12.3. The molecule has 1 heterocycles. The normalized spacial score (nSPS) is 18.4. The number of carbonyl (C=O) groups excluding carboxylic acids is 2. The van der Waals surface area contributed by atoms with E-state index in [2.05, 4.69) is 5.32 Å². The van der Waals surface area contributed by atoms with Crippen molar-refractivity contribution in [2.45, 2.75) is 38.6 Å². The second kappa shape index (κ2) is 7.22.